The number of hydrogen-bond donors (Lipinski definition) is 2. The van der Waals surface area contributed by atoms with E-state index in [2.05, 4.69) is 15.9 Å². The molecular weight excluding hydrogens is 368 g/mol. The second kappa shape index (κ2) is 7.56. The molecule has 0 bridgehead atoms. The van der Waals surface area contributed by atoms with Crippen molar-refractivity contribution in [3.63, 3.8) is 0 Å². The molecule has 116 valence electrons. The third-order valence-corrected chi connectivity index (χ3v) is 4.37. The van der Waals surface area contributed by atoms with E-state index in [1.807, 2.05) is 25.1 Å². The summed E-state index contributed by atoms with van der Waals surface area (Å²) in [6, 6.07) is 11.0. The summed E-state index contributed by atoms with van der Waals surface area (Å²) in [6.45, 7) is 1.54. The molecule has 0 radical (unpaired) electrons. The van der Waals surface area contributed by atoms with Gasteiger partial charge in [0.2, 0.25) is 0 Å². The number of ether oxygens (including phenoxy) is 1. The van der Waals surface area contributed by atoms with Crippen molar-refractivity contribution in [3.05, 3.63) is 52.0 Å². The van der Waals surface area contributed by atoms with Gasteiger partial charge in [-0.3, -0.25) is 0 Å². The molecule has 4 nitrogen and oxygen atoms in total. The number of carbonyl (C=O) groups is 1. The van der Waals surface area contributed by atoms with Gasteiger partial charge in [-0.25, -0.2) is 4.79 Å². The smallest absolute Gasteiger partial charge is 0.341 e. The first-order valence-electron chi connectivity index (χ1n) is 6.50. The highest BCUT2D eigenvalue weighted by atomic mass is 79.9. The number of benzene rings is 2. The Bertz CT molecular complexity index is 668. The van der Waals surface area contributed by atoms with E-state index in [-0.39, 0.29) is 12.4 Å². The van der Waals surface area contributed by atoms with Gasteiger partial charge < -0.3 is 14.9 Å². The highest BCUT2D eigenvalue weighted by molar-refractivity contribution is 9.10. The quantitative estimate of drug-likeness (QED) is 0.732. The van der Waals surface area contributed by atoms with Gasteiger partial charge in [0.15, 0.2) is 6.61 Å². The summed E-state index contributed by atoms with van der Waals surface area (Å²) in [7, 11) is 0. The van der Waals surface area contributed by atoms with Crippen LogP contribution in [0.2, 0.25) is 0 Å². The second-order valence-electron chi connectivity index (χ2n) is 4.72. The first-order valence-corrected chi connectivity index (χ1v) is 8.28. The number of thioether (sulfide) groups is 1. The van der Waals surface area contributed by atoms with Crippen molar-refractivity contribution in [1.82, 2.24) is 0 Å². The molecule has 2 rings (SSSR count). The van der Waals surface area contributed by atoms with Crippen LogP contribution < -0.4 is 4.74 Å². The summed E-state index contributed by atoms with van der Waals surface area (Å²) in [4.78, 5) is 11.6. The van der Waals surface area contributed by atoms with Crippen LogP contribution in [0.4, 0.5) is 0 Å². The lowest BCUT2D eigenvalue weighted by Crippen LogP contribution is -2.09. The van der Waals surface area contributed by atoms with Crippen LogP contribution in [0.15, 0.2) is 45.8 Å². The normalized spacial score (nSPS) is 10.5. The van der Waals surface area contributed by atoms with Crippen LogP contribution in [0.3, 0.4) is 0 Å². The number of carboxylic acids is 1. The summed E-state index contributed by atoms with van der Waals surface area (Å²) in [5.41, 5.74) is 1.91. The van der Waals surface area contributed by atoms with E-state index in [1.165, 1.54) is 0 Å². The maximum Gasteiger partial charge on any atom is 0.341 e. The topological polar surface area (TPSA) is 66.8 Å². The fourth-order valence-corrected chi connectivity index (χ4v) is 3.35. The Morgan fingerprint density at radius 3 is 2.68 bits per heavy atom. The molecule has 2 aromatic carbocycles. The van der Waals surface area contributed by atoms with Crippen LogP contribution in [0, 0.1) is 6.92 Å². The SMILES string of the molecule is Cc1cc(SCc2cc(O)cc(Br)c2)ccc1OCC(=O)O. The average molecular weight is 383 g/mol. The van der Waals surface area contributed by atoms with Crippen LogP contribution in [-0.4, -0.2) is 22.8 Å². The minimum absolute atomic E-state index is 0.235. The minimum atomic E-state index is -0.993. The minimum Gasteiger partial charge on any atom is -0.508 e. The zero-order valence-corrected chi connectivity index (χ0v) is 14.3. The Balaban J connectivity index is 2.01. The van der Waals surface area contributed by atoms with Crippen LogP contribution in [0.5, 0.6) is 11.5 Å². The number of carboxylic acid groups (broad SMARTS) is 1. The molecule has 0 saturated carbocycles. The van der Waals surface area contributed by atoms with Gasteiger partial charge in [-0.15, -0.1) is 11.8 Å². The lowest BCUT2D eigenvalue weighted by atomic mass is 10.2. The molecule has 0 aromatic heterocycles. The fraction of sp³-hybridized carbons (Fsp3) is 0.188. The summed E-state index contributed by atoms with van der Waals surface area (Å²) in [5, 5.41) is 18.2. The number of aromatic hydroxyl groups is 1. The summed E-state index contributed by atoms with van der Waals surface area (Å²) in [6.07, 6.45) is 0. The molecule has 0 heterocycles. The Hall–Kier alpha value is -1.66. The molecule has 0 aliphatic carbocycles. The molecule has 2 aromatic rings. The molecule has 0 spiro atoms. The Morgan fingerprint density at radius 1 is 1.27 bits per heavy atom. The van der Waals surface area contributed by atoms with Crippen molar-refractivity contribution in [2.24, 2.45) is 0 Å². The van der Waals surface area contributed by atoms with E-state index in [0.29, 0.717) is 5.75 Å². The number of aliphatic carboxylic acids is 1. The maximum atomic E-state index is 10.5. The van der Waals surface area contributed by atoms with Gasteiger partial charge in [-0.2, -0.15) is 0 Å². The zero-order chi connectivity index (χ0) is 16.1. The summed E-state index contributed by atoms with van der Waals surface area (Å²) in [5.74, 6) is 0.541. The lowest BCUT2D eigenvalue weighted by Gasteiger charge is -2.09. The predicted octanol–water partition coefficient (Wildman–Crippen LogP) is 4.22. The third-order valence-electron chi connectivity index (χ3n) is 2.85. The van der Waals surface area contributed by atoms with Gasteiger partial charge in [0.05, 0.1) is 0 Å². The van der Waals surface area contributed by atoms with Crippen molar-refractivity contribution in [2.75, 3.05) is 6.61 Å². The van der Waals surface area contributed by atoms with E-state index in [0.717, 1.165) is 26.2 Å². The van der Waals surface area contributed by atoms with Gasteiger partial charge in [0.25, 0.3) is 0 Å². The molecule has 2 N–H and O–H groups in total. The van der Waals surface area contributed by atoms with Crippen molar-refractivity contribution in [2.45, 2.75) is 17.6 Å². The fourth-order valence-electron chi connectivity index (χ4n) is 1.90. The van der Waals surface area contributed by atoms with E-state index in [1.54, 1.807) is 30.0 Å². The van der Waals surface area contributed by atoms with Crippen molar-refractivity contribution in [3.8, 4) is 11.5 Å². The summed E-state index contributed by atoms with van der Waals surface area (Å²) >= 11 is 4.99. The van der Waals surface area contributed by atoms with Gasteiger partial charge in [-0.05, 0) is 54.4 Å². The molecule has 22 heavy (non-hydrogen) atoms. The van der Waals surface area contributed by atoms with E-state index < -0.39 is 5.97 Å². The monoisotopic (exact) mass is 382 g/mol. The van der Waals surface area contributed by atoms with Crippen molar-refractivity contribution < 1.29 is 19.7 Å². The molecule has 0 aliphatic heterocycles. The summed E-state index contributed by atoms with van der Waals surface area (Å²) < 4.78 is 6.04. The van der Waals surface area contributed by atoms with Crippen molar-refractivity contribution >= 4 is 33.7 Å². The Labute approximate surface area is 141 Å². The number of phenolic OH excluding ortho intramolecular Hbond substituents is 1. The zero-order valence-electron chi connectivity index (χ0n) is 11.9. The molecule has 0 unspecified atom stereocenters. The van der Waals surface area contributed by atoms with Crippen LogP contribution >= 0.6 is 27.7 Å². The highest BCUT2D eigenvalue weighted by Gasteiger charge is 2.05. The average Bonchev–Trinajstić information content (AvgIpc) is 2.43. The van der Waals surface area contributed by atoms with Gasteiger partial charge >= 0.3 is 5.97 Å². The molecule has 0 aliphatic rings. The largest absolute Gasteiger partial charge is 0.508 e. The third kappa shape index (κ3) is 4.96. The maximum absolute atomic E-state index is 10.5. The van der Waals surface area contributed by atoms with E-state index >= 15 is 0 Å². The van der Waals surface area contributed by atoms with Crippen molar-refractivity contribution in [1.29, 1.82) is 0 Å². The Morgan fingerprint density at radius 2 is 2.05 bits per heavy atom. The molecular formula is C16H15BrO4S. The Kier molecular flexibility index (Phi) is 5.74. The van der Waals surface area contributed by atoms with Gasteiger partial charge in [0, 0.05) is 15.1 Å². The molecule has 0 fully saturated rings. The number of aryl methyl sites for hydroxylation is 1. The lowest BCUT2D eigenvalue weighted by molar-refractivity contribution is -0.139. The standard InChI is InChI=1S/C16H15BrO4S/c1-10-4-14(2-3-15(10)21-8-16(19)20)22-9-11-5-12(17)7-13(18)6-11/h2-7,18H,8-9H2,1H3,(H,19,20). The van der Waals surface area contributed by atoms with Crippen LogP contribution in [0.1, 0.15) is 11.1 Å². The number of halogens is 1. The highest BCUT2D eigenvalue weighted by Crippen LogP contribution is 2.30. The van der Waals surface area contributed by atoms with Gasteiger partial charge in [0.1, 0.15) is 11.5 Å². The molecule has 6 heteroatoms. The molecule has 0 amide bonds. The number of phenols is 1. The first-order chi connectivity index (χ1) is 10.4. The number of rotatable bonds is 6. The first kappa shape index (κ1) is 16.7. The second-order valence-corrected chi connectivity index (χ2v) is 6.68. The molecule has 0 saturated heterocycles. The predicted molar refractivity (Wildman–Crippen MR) is 89.7 cm³/mol. The van der Waals surface area contributed by atoms with Crippen LogP contribution in [0.25, 0.3) is 0 Å². The van der Waals surface area contributed by atoms with E-state index in [9.17, 15) is 9.90 Å². The molecule has 0 atom stereocenters. The van der Waals surface area contributed by atoms with E-state index in [4.69, 9.17) is 9.84 Å². The van der Waals surface area contributed by atoms with Crippen LogP contribution in [-0.2, 0) is 10.5 Å². The number of hydrogen-bond acceptors (Lipinski definition) is 4. The van der Waals surface area contributed by atoms with Gasteiger partial charge in [-0.1, -0.05) is 15.9 Å².